The van der Waals surface area contributed by atoms with E-state index in [9.17, 15) is 4.79 Å². The molecule has 1 amide bonds. The smallest absolute Gasteiger partial charge is 0.276 e. The SMILES string of the molecule is CC1CC(CN)CN1C(=O)c1cn(Cc2ccccc2)nn1.Cl. The zero-order valence-corrected chi connectivity index (χ0v) is 13.9. The maximum Gasteiger partial charge on any atom is 0.276 e. The fraction of sp³-hybridized carbons (Fsp3) is 0.438. The van der Waals surface area contributed by atoms with Gasteiger partial charge in [-0.25, -0.2) is 4.68 Å². The second-order valence-electron chi connectivity index (χ2n) is 5.93. The Morgan fingerprint density at radius 3 is 2.74 bits per heavy atom. The van der Waals surface area contributed by atoms with Crippen molar-refractivity contribution in [3.05, 3.63) is 47.8 Å². The van der Waals surface area contributed by atoms with Gasteiger partial charge < -0.3 is 10.6 Å². The van der Waals surface area contributed by atoms with Gasteiger partial charge in [-0.3, -0.25) is 4.79 Å². The predicted octanol–water partition coefficient (Wildman–Crippen LogP) is 1.56. The zero-order valence-electron chi connectivity index (χ0n) is 13.1. The standard InChI is InChI=1S/C16H21N5O.ClH/c1-12-7-14(8-17)10-21(12)16(22)15-11-20(19-18-15)9-13-5-3-2-4-6-13;/h2-6,11-12,14H,7-10,17H2,1H3;1H. The van der Waals surface area contributed by atoms with Crippen molar-refractivity contribution >= 4 is 18.3 Å². The first-order chi connectivity index (χ1) is 10.7. The van der Waals surface area contributed by atoms with Crippen molar-refractivity contribution in [2.75, 3.05) is 13.1 Å². The number of hydrogen-bond acceptors (Lipinski definition) is 4. The second kappa shape index (κ2) is 7.57. The van der Waals surface area contributed by atoms with Crippen LogP contribution >= 0.6 is 12.4 Å². The van der Waals surface area contributed by atoms with Crippen LogP contribution in [-0.4, -0.2) is 44.9 Å². The highest BCUT2D eigenvalue weighted by atomic mass is 35.5. The average molecular weight is 336 g/mol. The minimum absolute atomic E-state index is 0. The molecular weight excluding hydrogens is 314 g/mol. The van der Waals surface area contributed by atoms with Crippen LogP contribution in [0.1, 0.15) is 29.4 Å². The van der Waals surface area contributed by atoms with Crippen LogP contribution in [0.2, 0.25) is 0 Å². The van der Waals surface area contributed by atoms with Crippen LogP contribution < -0.4 is 5.73 Å². The molecule has 0 saturated carbocycles. The van der Waals surface area contributed by atoms with Crippen LogP contribution in [0, 0.1) is 5.92 Å². The topological polar surface area (TPSA) is 77.0 Å². The van der Waals surface area contributed by atoms with Crippen LogP contribution in [0.5, 0.6) is 0 Å². The summed E-state index contributed by atoms with van der Waals surface area (Å²) in [7, 11) is 0. The van der Waals surface area contributed by atoms with E-state index < -0.39 is 0 Å². The van der Waals surface area contributed by atoms with E-state index in [4.69, 9.17) is 5.73 Å². The zero-order chi connectivity index (χ0) is 15.5. The van der Waals surface area contributed by atoms with Crippen LogP contribution in [0.25, 0.3) is 0 Å². The number of carbonyl (C=O) groups excluding carboxylic acids is 1. The molecule has 6 nitrogen and oxygen atoms in total. The number of nitrogens with two attached hydrogens (primary N) is 1. The van der Waals surface area contributed by atoms with E-state index >= 15 is 0 Å². The molecule has 2 heterocycles. The first-order valence-electron chi connectivity index (χ1n) is 7.62. The average Bonchev–Trinajstić information content (AvgIpc) is 3.14. The summed E-state index contributed by atoms with van der Waals surface area (Å²) >= 11 is 0. The van der Waals surface area contributed by atoms with Crippen LogP contribution in [-0.2, 0) is 6.54 Å². The summed E-state index contributed by atoms with van der Waals surface area (Å²) in [5.41, 5.74) is 7.25. The Hall–Kier alpha value is -1.92. The Bertz CT molecular complexity index is 645. The van der Waals surface area contributed by atoms with Gasteiger partial charge in [0, 0.05) is 12.6 Å². The quantitative estimate of drug-likeness (QED) is 0.919. The third-order valence-corrected chi connectivity index (χ3v) is 4.20. The monoisotopic (exact) mass is 335 g/mol. The Morgan fingerprint density at radius 1 is 1.35 bits per heavy atom. The fourth-order valence-corrected chi connectivity index (χ4v) is 2.99. The minimum Gasteiger partial charge on any atom is -0.334 e. The number of rotatable bonds is 4. The summed E-state index contributed by atoms with van der Waals surface area (Å²) in [5, 5.41) is 8.10. The number of hydrogen-bond donors (Lipinski definition) is 1. The number of benzene rings is 1. The van der Waals surface area contributed by atoms with Crippen molar-refractivity contribution in [3.63, 3.8) is 0 Å². The summed E-state index contributed by atoms with van der Waals surface area (Å²) in [6, 6.07) is 10.2. The summed E-state index contributed by atoms with van der Waals surface area (Å²) in [6.45, 7) is 4.00. The summed E-state index contributed by atoms with van der Waals surface area (Å²) in [6.07, 6.45) is 2.68. The molecule has 2 aromatic rings. The Kier molecular flexibility index (Phi) is 5.74. The van der Waals surface area contributed by atoms with Gasteiger partial charge in [-0.05, 0) is 31.4 Å². The molecule has 1 aliphatic rings. The van der Waals surface area contributed by atoms with E-state index in [1.807, 2.05) is 35.2 Å². The van der Waals surface area contributed by atoms with E-state index in [0.717, 1.165) is 12.0 Å². The summed E-state index contributed by atoms with van der Waals surface area (Å²) < 4.78 is 1.70. The molecule has 2 atom stereocenters. The lowest BCUT2D eigenvalue weighted by molar-refractivity contribution is 0.0737. The second-order valence-corrected chi connectivity index (χ2v) is 5.93. The molecule has 1 aromatic heterocycles. The van der Waals surface area contributed by atoms with E-state index in [2.05, 4.69) is 17.2 Å². The van der Waals surface area contributed by atoms with E-state index in [0.29, 0.717) is 31.2 Å². The number of nitrogens with zero attached hydrogens (tertiary/aromatic N) is 4. The molecule has 1 saturated heterocycles. The summed E-state index contributed by atoms with van der Waals surface area (Å²) in [4.78, 5) is 14.4. The Labute approximate surface area is 142 Å². The third-order valence-electron chi connectivity index (χ3n) is 4.20. The van der Waals surface area contributed by atoms with Crippen molar-refractivity contribution in [3.8, 4) is 0 Å². The molecule has 124 valence electrons. The first-order valence-corrected chi connectivity index (χ1v) is 7.62. The molecule has 1 fully saturated rings. The van der Waals surface area contributed by atoms with Crippen molar-refractivity contribution < 1.29 is 4.79 Å². The van der Waals surface area contributed by atoms with Crippen molar-refractivity contribution in [1.82, 2.24) is 19.9 Å². The predicted molar refractivity (Wildman–Crippen MR) is 90.5 cm³/mol. The van der Waals surface area contributed by atoms with Crippen LogP contribution in [0.15, 0.2) is 36.5 Å². The lowest BCUT2D eigenvalue weighted by atomic mass is 10.1. The van der Waals surface area contributed by atoms with E-state index in [1.165, 1.54) is 0 Å². The molecule has 1 aliphatic heterocycles. The maximum atomic E-state index is 12.6. The fourth-order valence-electron chi connectivity index (χ4n) is 2.99. The lowest BCUT2D eigenvalue weighted by Crippen LogP contribution is -2.34. The van der Waals surface area contributed by atoms with Gasteiger partial charge in [0.1, 0.15) is 0 Å². The molecule has 0 aliphatic carbocycles. The molecule has 0 bridgehead atoms. The van der Waals surface area contributed by atoms with Crippen molar-refractivity contribution in [2.24, 2.45) is 11.7 Å². The van der Waals surface area contributed by atoms with Gasteiger partial charge in [-0.2, -0.15) is 0 Å². The molecule has 1 aromatic carbocycles. The molecule has 2 N–H and O–H groups in total. The molecule has 3 rings (SSSR count). The van der Waals surface area contributed by atoms with Gasteiger partial charge in [0.2, 0.25) is 0 Å². The van der Waals surface area contributed by atoms with Gasteiger partial charge in [0.05, 0.1) is 12.7 Å². The summed E-state index contributed by atoms with van der Waals surface area (Å²) in [5.74, 6) is 0.334. The molecule has 23 heavy (non-hydrogen) atoms. The largest absolute Gasteiger partial charge is 0.334 e. The Morgan fingerprint density at radius 2 is 2.09 bits per heavy atom. The number of halogens is 1. The van der Waals surface area contributed by atoms with Gasteiger partial charge in [-0.15, -0.1) is 17.5 Å². The molecule has 0 radical (unpaired) electrons. The molecule has 0 spiro atoms. The lowest BCUT2D eigenvalue weighted by Gasteiger charge is -2.19. The Balaban J connectivity index is 0.00000192. The highest BCUT2D eigenvalue weighted by molar-refractivity contribution is 5.92. The van der Waals surface area contributed by atoms with Gasteiger partial charge in [-0.1, -0.05) is 35.5 Å². The van der Waals surface area contributed by atoms with E-state index in [-0.39, 0.29) is 24.4 Å². The van der Waals surface area contributed by atoms with E-state index in [1.54, 1.807) is 10.9 Å². The minimum atomic E-state index is -0.0530. The molecular formula is C16H22ClN5O. The molecule has 7 heteroatoms. The first kappa shape index (κ1) is 17.4. The maximum absolute atomic E-state index is 12.6. The number of amides is 1. The number of carbonyl (C=O) groups is 1. The third kappa shape index (κ3) is 3.89. The van der Waals surface area contributed by atoms with Crippen molar-refractivity contribution in [2.45, 2.75) is 25.9 Å². The highest BCUT2D eigenvalue weighted by Crippen LogP contribution is 2.23. The van der Waals surface area contributed by atoms with Gasteiger partial charge in [0.25, 0.3) is 5.91 Å². The highest BCUT2D eigenvalue weighted by Gasteiger charge is 2.33. The number of aromatic nitrogens is 3. The van der Waals surface area contributed by atoms with Crippen LogP contribution in [0.4, 0.5) is 0 Å². The van der Waals surface area contributed by atoms with Gasteiger partial charge >= 0.3 is 0 Å². The van der Waals surface area contributed by atoms with Crippen molar-refractivity contribution in [1.29, 1.82) is 0 Å². The van der Waals surface area contributed by atoms with Crippen LogP contribution in [0.3, 0.4) is 0 Å². The number of likely N-dealkylation sites (tertiary alicyclic amines) is 1. The van der Waals surface area contributed by atoms with Gasteiger partial charge in [0.15, 0.2) is 5.69 Å². The normalized spacial score (nSPS) is 20.3. The molecule has 2 unspecified atom stereocenters.